The van der Waals surface area contributed by atoms with E-state index in [1.54, 1.807) is 0 Å². The van der Waals surface area contributed by atoms with Gasteiger partial charge in [-0.3, -0.25) is 0 Å². The quantitative estimate of drug-likeness (QED) is 0.187. The Labute approximate surface area is 191 Å². The summed E-state index contributed by atoms with van der Waals surface area (Å²) in [5.74, 6) is 0. The van der Waals surface area contributed by atoms with Crippen LogP contribution in [0.1, 0.15) is 0 Å². The van der Waals surface area contributed by atoms with Gasteiger partial charge >= 0.3 is 24.1 Å². The molecule has 0 fully saturated rings. The number of benzene rings is 3. The van der Waals surface area contributed by atoms with Gasteiger partial charge < -0.3 is 0 Å². The Morgan fingerprint density at radius 1 is 0.571 bits per heavy atom. The number of hydrogen-bond acceptors (Lipinski definition) is 1. The van der Waals surface area contributed by atoms with Crippen molar-refractivity contribution in [3.63, 3.8) is 0 Å². The van der Waals surface area contributed by atoms with Gasteiger partial charge in [0.05, 0.1) is 0 Å². The molecule has 0 aliphatic carbocycles. The Balaban J connectivity index is 0.000000368. The SMILES string of the molecule is Cl.Cl.[NH]=[Ti].[c-]1ccccc1.c1ccc2[cH-]ccc2c1.c1ccc2[cH-]ccc2c1. The predicted molar refractivity (Wildman–Crippen MR) is 122 cm³/mol. The van der Waals surface area contributed by atoms with Crippen LogP contribution in [0.25, 0.3) is 21.5 Å². The summed E-state index contributed by atoms with van der Waals surface area (Å²) in [4.78, 5) is 0. The minimum atomic E-state index is 0. The van der Waals surface area contributed by atoms with Crippen molar-refractivity contribution in [2.24, 2.45) is 0 Å². The fourth-order valence-electron chi connectivity index (χ4n) is 2.48. The van der Waals surface area contributed by atoms with Crippen LogP contribution in [-0.4, -0.2) is 0 Å². The molecule has 0 bridgehead atoms. The van der Waals surface area contributed by atoms with E-state index in [1.165, 1.54) is 41.8 Å². The summed E-state index contributed by atoms with van der Waals surface area (Å²) in [6.07, 6.45) is 0. The third-order valence-corrected chi connectivity index (χ3v) is 3.70. The van der Waals surface area contributed by atoms with Crippen molar-refractivity contribution in [3.8, 4) is 0 Å². The molecule has 1 N–H and O–H groups in total. The maximum atomic E-state index is 5.75. The standard InChI is InChI=1S/2C9H7.C6H5.2ClH.HN.Ti/c2*1-2-5-9-7-3-6-8(9)4-1;1-2-4-6-5-3-1;;;;/h2*1-7H;1-5H;3*1H;/q3*-1;;;;. The summed E-state index contributed by atoms with van der Waals surface area (Å²) in [6, 6.07) is 41.8. The first kappa shape index (κ1) is 26.0. The molecule has 0 radical (unpaired) electrons. The second kappa shape index (κ2) is 16.0. The van der Waals surface area contributed by atoms with Crippen LogP contribution in [0.15, 0.2) is 115 Å². The first-order valence-corrected chi connectivity index (χ1v) is 9.08. The topological polar surface area (TPSA) is 23.9 Å². The van der Waals surface area contributed by atoms with Gasteiger partial charge in [0.15, 0.2) is 0 Å². The van der Waals surface area contributed by atoms with Gasteiger partial charge in [0.2, 0.25) is 0 Å². The fourth-order valence-corrected chi connectivity index (χ4v) is 2.48. The molecule has 5 aromatic carbocycles. The van der Waals surface area contributed by atoms with E-state index in [9.17, 15) is 0 Å². The van der Waals surface area contributed by atoms with Crippen molar-refractivity contribution in [1.29, 1.82) is 3.83 Å². The van der Waals surface area contributed by atoms with Crippen LogP contribution < -0.4 is 0 Å². The third kappa shape index (κ3) is 8.78. The number of halogens is 2. The normalized spacial score (nSPS) is 8.39. The van der Waals surface area contributed by atoms with Crippen LogP contribution in [0.2, 0.25) is 0 Å². The van der Waals surface area contributed by atoms with Gasteiger partial charge in [-0.05, 0) is 0 Å². The largest absolute Gasteiger partial charge is 0.184 e. The first-order valence-electron chi connectivity index (χ1n) is 8.30. The molecular formula is C24H22Cl2NTi-3. The van der Waals surface area contributed by atoms with Crippen molar-refractivity contribution < 1.29 is 20.3 Å². The van der Waals surface area contributed by atoms with E-state index in [1.807, 2.05) is 30.3 Å². The van der Waals surface area contributed by atoms with Crippen LogP contribution in [0.3, 0.4) is 0 Å². The molecule has 144 valence electrons. The smallest absolute Gasteiger partial charge is 0.0809 e. The number of hydrogen-bond donors (Lipinski definition) is 1. The van der Waals surface area contributed by atoms with Gasteiger partial charge in [-0.15, -0.1) is 84.1 Å². The van der Waals surface area contributed by atoms with Crippen molar-refractivity contribution in [3.05, 3.63) is 121 Å². The summed E-state index contributed by atoms with van der Waals surface area (Å²) in [5, 5.41) is 5.32. The third-order valence-electron chi connectivity index (χ3n) is 3.70. The molecule has 4 heteroatoms. The van der Waals surface area contributed by atoms with E-state index < -0.39 is 0 Å². The Morgan fingerprint density at radius 3 is 1.32 bits per heavy atom. The second-order valence-corrected chi connectivity index (χ2v) is 5.39. The van der Waals surface area contributed by atoms with E-state index in [0.29, 0.717) is 0 Å². The predicted octanol–water partition coefficient (Wildman–Crippen LogP) is 7.74. The molecular weight excluding hydrogens is 421 g/mol. The van der Waals surface area contributed by atoms with Crippen molar-refractivity contribution >= 4 is 46.4 Å². The van der Waals surface area contributed by atoms with Gasteiger partial charge in [-0.1, -0.05) is 12.1 Å². The van der Waals surface area contributed by atoms with Gasteiger partial charge in [0.25, 0.3) is 0 Å². The molecule has 0 aliphatic rings. The van der Waals surface area contributed by atoms with Crippen LogP contribution in [0.4, 0.5) is 0 Å². The van der Waals surface area contributed by atoms with E-state index in [0.717, 1.165) is 0 Å². The van der Waals surface area contributed by atoms with E-state index >= 15 is 0 Å². The Bertz CT molecular complexity index is 840. The van der Waals surface area contributed by atoms with E-state index in [2.05, 4.69) is 91.0 Å². The molecule has 0 aliphatic heterocycles. The number of rotatable bonds is 0. The zero-order valence-corrected chi connectivity index (χ0v) is 18.5. The molecule has 0 spiro atoms. The van der Waals surface area contributed by atoms with Gasteiger partial charge in [0.1, 0.15) is 0 Å². The van der Waals surface area contributed by atoms with Crippen LogP contribution in [-0.2, 0) is 20.3 Å². The molecule has 0 unspecified atom stereocenters. The molecule has 0 saturated heterocycles. The Hall–Kier alpha value is -2.03. The molecule has 5 rings (SSSR count). The summed E-state index contributed by atoms with van der Waals surface area (Å²) in [6.45, 7) is 0. The minimum absolute atomic E-state index is 0. The monoisotopic (exact) mass is 442 g/mol. The summed E-state index contributed by atoms with van der Waals surface area (Å²) in [7, 11) is 0. The van der Waals surface area contributed by atoms with Crippen molar-refractivity contribution in [1.82, 2.24) is 0 Å². The second-order valence-electron chi connectivity index (χ2n) is 5.39. The van der Waals surface area contributed by atoms with Crippen LogP contribution in [0.5, 0.6) is 0 Å². The maximum Gasteiger partial charge on any atom is -0.0809 e. The Kier molecular flexibility index (Phi) is 14.8. The molecule has 0 heterocycles. The van der Waals surface area contributed by atoms with Crippen LogP contribution in [0, 0.1) is 9.90 Å². The molecule has 0 atom stereocenters. The summed E-state index contributed by atoms with van der Waals surface area (Å²) < 4.78 is 5.75. The maximum absolute atomic E-state index is 5.75. The average Bonchev–Trinajstić information content (AvgIpc) is 3.41. The first-order chi connectivity index (χ1) is 12.9. The average molecular weight is 443 g/mol. The van der Waals surface area contributed by atoms with Crippen molar-refractivity contribution in [2.45, 2.75) is 0 Å². The fraction of sp³-hybridized carbons (Fsp3) is 0. The van der Waals surface area contributed by atoms with Crippen molar-refractivity contribution in [2.75, 3.05) is 0 Å². The molecule has 0 amide bonds. The zero-order valence-electron chi connectivity index (χ0n) is 15.3. The molecule has 5 aromatic rings. The van der Waals surface area contributed by atoms with E-state index in [4.69, 9.17) is 3.83 Å². The number of nitrogens with one attached hydrogen (secondary N) is 1. The zero-order chi connectivity index (χ0) is 18.5. The molecule has 1 nitrogen and oxygen atoms in total. The molecule has 0 aromatic heterocycles. The van der Waals surface area contributed by atoms with Crippen LogP contribution >= 0.6 is 24.8 Å². The number of fused-ring (bicyclic) bond motifs is 2. The minimum Gasteiger partial charge on any atom is -0.184 e. The summed E-state index contributed by atoms with van der Waals surface area (Å²) >= 11 is 1.25. The summed E-state index contributed by atoms with van der Waals surface area (Å²) in [5.41, 5.74) is 0. The Morgan fingerprint density at radius 2 is 1.00 bits per heavy atom. The van der Waals surface area contributed by atoms with Gasteiger partial charge in [0, 0.05) is 0 Å². The van der Waals surface area contributed by atoms with E-state index in [-0.39, 0.29) is 24.8 Å². The van der Waals surface area contributed by atoms with Gasteiger partial charge in [-0.2, -0.15) is 71.4 Å². The van der Waals surface area contributed by atoms with Gasteiger partial charge in [-0.25, -0.2) is 0 Å². The molecule has 0 saturated carbocycles. The molecule has 28 heavy (non-hydrogen) atoms.